The summed E-state index contributed by atoms with van der Waals surface area (Å²) in [5, 5.41) is 3.28. The highest BCUT2D eigenvalue weighted by atomic mass is 35.5. The molecule has 1 atom stereocenters. The zero-order valence-electron chi connectivity index (χ0n) is 14.9. The second-order valence-electron chi connectivity index (χ2n) is 5.47. The summed E-state index contributed by atoms with van der Waals surface area (Å²) in [6.07, 6.45) is -1.15. The molecule has 10 heteroatoms. The zero-order valence-corrected chi connectivity index (χ0v) is 18.0. The van der Waals surface area contributed by atoms with Crippen LogP contribution in [0.5, 0.6) is 11.5 Å². The third-order valence-corrected chi connectivity index (χ3v) is 4.67. The molecule has 0 bridgehead atoms. The van der Waals surface area contributed by atoms with E-state index in [0.717, 1.165) is 0 Å². The van der Waals surface area contributed by atoms with Crippen LogP contribution in [0.25, 0.3) is 0 Å². The molecule has 6 nitrogen and oxygen atoms in total. The molecular formula is C18H15Cl4NO5. The van der Waals surface area contributed by atoms with Crippen molar-refractivity contribution in [3.63, 3.8) is 0 Å². The number of halogens is 4. The maximum absolute atomic E-state index is 12.4. The molecule has 2 aromatic carbocycles. The number of anilines is 1. The molecule has 2 aromatic rings. The second-order valence-corrected chi connectivity index (χ2v) is 7.13. The van der Waals surface area contributed by atoms with Crippen molar-refractivity contribution in [2.75, 3.05) is 19.5 Å². The smallest absolute Gasteiger partial charge is 0.339 e. The van der Waals surface area contributed by atoms with Gasteiger partial charge in [0.2, 0.25) is 0 Å². The van der Waals surface area contributed by atoms with Gasteiger partial charge in [-0.3, -0.25) is 4.79 Å². The van der Waals surface area contributed by atoms with Crippen LogP contribution >= 0.6 is 46.4 Å². The lowest BCUT2D eigenvalue weighted by atomic mass is 10.2. The number of benzene rings is 2. The summed E-state index contributed by atoms with van der Waals surface area (Å²) in [5.74, 6) is -0.887. The summed E-state index contributed by atoms with van der Waals surface area (Å²) < 4.78 is 15.4. The highest BCUT2D eigenvalue weighted by molar-refractivity contribution is 6.42. The molecule has 0 aromatic heterocycles. The summed E-state index contributed by atoms with van der Waals surface area (Å²) >= 11 is 24.0. The van der Waals surface area contributed by atoms with Gasteiger partial charge in [-0.15, -0.1) is 0 Å². The second kappa shape index (κ2) is 9.56. The minimum Gasteiger partial charge on any atom is -0.493 e. The van der Waals surface area contributed by atoms with Crippen LogP contribution in [0.1, 0.15) is 17.3 Å². The van der Waals surface area contributed by atoms with Crippen molar-refractivity contribution in [2.24, 2.45) is 0 Å². The van der Waals surface area contributed by atoms with Gasteiger partial charge in [-0.05, 0) is 31.2 Å². The van der Waals surface area contributed by atoms with Gasteiger partial charge in [-0.1, -0.05) is 46.4 Å². The van der Waals surface area contributed by atoms with E-state index in [0.29, 0.717) is 5.02 Å². The summed E-state index contributed by atoms with van der Waals surface area (Å²) in [5.41, 5.74) is 0.250. The molecule has 2 rings (SSSR count). The number of nitrogens with one attached hydrogen (secondary N) is 1. The van der Waals surface area contributed by atoms with Gasteiger partial charge in [0, 0.05) is 5.02 Å². The minimum atomic E-state index is -1.15. The Balaban J connectivity index is 2.14. The first-order valence-electron chi connectivity index (χ1n) is 7.75. The molecule has 1 N–H and O–H groups in total. The Morgan fingerprint density at radius 1 is 0.929 bits per heavy atom. The third kappa shape index (κ3) is 5.14. The molecule has 1 unspecified atom stereocenters. The molecular weight excluding hydrogens is 452 g/mol. The Labute approximate surface area is 181 Å². The lowest BCUT2D eigenvalue weighted by molar-refractivity contribution is -0.123. The Hall–Kier alpha value is -1.86. The predicted octanol–water partition coefficient (Wildman–Crippen LogP) is 5.50. The van der Waals surface area contributed by atoms with Gasteiger partial charge in [0.25, 0.3) is 5.91 Å². The van der Waals surface area contributed by atoms with Crippen LogP contribution in [0.3, 0.4) is 0 Å². The molecule has 0 radical (unpaired) electrons. The molecule has 0 saturated carbocycles. The first-order chi connectivity index (χ1) is 13.2. The fourth-order valence-electron chi connectivity index (χ4n) is 2.20. The van der Waals surface area contributed by atoms with Gasteiger partial charge in [0.05, 0.1) is 40.5 Å². The Kier molecular flexibility index (Phi) is 7.66. The Morgan fingerprint density at radius 2 is 1.54 bits per heavy atom. The average Bonchev–Trinajstić information content (AvgIpc) is 2.63. The number of methoxy groups -OCH3 is 2. The fraction of sp³-hybridized carbons (Fsp3) is 0.222. The number of ether oxygens (including phenoxy) is 3. The van der Waals surface area contributed by atoms with Crippen molar-refractivity contribution in [3.05, 3.63) is 49.9 Å². The van der Waals surface area contributed by atoms with Crippen LogP contribution < -0.4 is 14.8 Å². The van der Waals surface area contributed by atoms with Crippen LogP contribution in [-0.4, -0.2) is 32.2 Å². The molecule has 28 heavy (non-hydrogen) atoms. The van der Waals surface area contributed by atoms with E-state index in [-0.39, 0.29) is 37.8 Å². The highest BCUT2D eigenvalue weighted by Crippen LogP contribution is 2.36. The number of amides is 1. The number of carbonyl (C=O) groups is 2. The number of rotatable bonds is 6. The lowest BCUT2D eigenvalue weighted by Crippen LogP contribution is -2.30. The lowest BCUT2D eigenvalue weighted by Gasteiger charge is -2.16. The van der Waals surface area contributed by atoms with Crippen molar-refractivity contribution in [1.29, 1.82) is 0 Å². The molecule has 150 valence electrons. The van der Waals surface area contributed by atoms with E-state index in [1.54, 1.807) is 0 Å². The average molecular weight is 467 g/mol. The quantitative estimate of drug-likeness (QED) is 0.568. The fourth-order valence-corrected chi connectivity index (χ4v) is 3.40. The van der Waals surface area contributed by atoms with E-state index in [1.807, 2.05) is 0 Å². The third-order valence-electron chi connectivity index (χ3n) is 3.58. The van der Waals surface area contributed by atoms with E-state index in [4.69, 9.17) is 60.6 Å². The molecule has 1 amide bonds. The first-order valence-corrected chi connectivity index (χ1v) is 9.27. The summed E-state index contributed by atoms with van der Waals surface area (Å²) in [4.78, 5) is 24.7. The maximum atomic E-state index is 12.4. The van der Waals surface area contributed by atoms with Crippen LogP contribution in [0.2, 0.25) is 20.1 Å². The largest absolute Gasteiger partial charge is 0.493 e. The van der Waals surface area contributed by atoms with E-state index < -0.39 is 18.0 Å². The monoisotopic (exact) mass is 465 g/mol. The minimum absolute atomic E-state index is 0.0878. The van der Waals surface area contributed by atoms with E-state index >= 15 is 0 Å². The first kappa shape index (κ1) is 22.4. The summed E-state index contributed by atoms with van der Waals surface area (Å²) in [6.45, 7) is 1.40. The normalized spacial score (nSPS) is 11.5. The molecule has 0 spiro atoms. The highest BCUT2D eigenvalue weighted by Gasteiger charge is 2.23. The topological polar surface area (TPSA) is 73.9 Å². The van der Waals surface area contributed by atoms with Crippen molar-refractivity contribution < 1.29 is 23.8 Å². The van der Waals surface area contributed by atoms with Crippen LogP contribution in [0.4, 0.5) is 5.69 Å². The SMILES string of the molecule is COc1cc(C(=O)OC(C)C(=O)Nc2c(Cl)cc(Cl)cc2Cl)cc(Cl)c1OC. The predicted molar refractivity (Wildman–Crippen MR) is 110 cm³/mol. The van der Waals surface area contributed by atoms with Gasteiger partial charge in [0.1, 0.15) is 0 Å². The van der Waals surface area contributed by atoms with Crippen LogP contribution in [-0.2, 0) is 9.53 Å². The molecule has 0 aliphatic rings. The number of hydrogen-bond donors (Lipinski definition) is 1. The van der Waals surface area contributed by atoms with Crippen molar-refractivity contribution >= 4 is 64.0 Å². The van der Waals surface area contributed by atoms with Gasteiger partial charge in [-0.2, -0.15) is 0 Å². The van der Waals surface area contributed by atoms with Crippen LogP contribution in [0, 0.1) is 0 Å². The van der Waals surface area contributed by atoms with Crippen molar-refractivity contribution in [2.45, 2.75) is 13.0 Å². The molecule has 0 saturated heterocycles. The van der Waals surface area contributed by atoms with Gasteiger partial charge >= 0.3 is 5.97 Å². The van der Waals surface area contributed by atoms with Crippen molar-refractivity contribution in [1.82, 2.24) is 0 Å². The maximum Gasteiger partial charge on any atom is 0.339 e. The standard InChI is InChI=1S/C18H15Cl4NO5/c1-8(17(24)23-15-11(20)6-10(19)7-12(15)21)28-18(25)9-4-13(22)16(27-3)14(5-9)26-2/h4-8H,1-3H3,(H,23,24). The summed E-state index contributed by atoms with van der Waals surface area (Å²) in [7, 11) is 2.82. The van der Waals surface area contributed by atoms with E-state index in [9.17, 15) is 9.59 Å². The van der Waals surface area contributed by atoms with Crippen LogP contribution in [0.15, 0.2) is 24.3 Å². The number of carbonyl (C=O) groups excluding carboxylic acids is 2. The van der Waals surface area contributed by atoms with E-state index in [1.165, 1.54) is 45.4 Å². The van der Waals surface area contributed by atoms with Gasteiger partial charge in [-0.25, -0.2) is 4.79 Å². The molecule has 0 aliphatic carbocycles. The molecule has 0 fully saturated rings. The Morgan fingerprint density at radius 3 is 2.07 bits per heavy atom. The van der Waals surface area contributed by atoms with Crippen molar-refractivity contribution in [3.8, 4) is 11.5 Å². The molecule has 0 aliphatic heterocycles. The summed E-state index contributed by atoms with van der Waals surface area (Å²) in [6, 6.07) is 5.59. The van der Waals surface area contributed by atoms with Gasteiger partial charge < -0.3 is 19.5 Å². The number of esters is 1. The molecule has 0 heterocycles. The van der Waals surface area contributed by atoms with Gasteiger partial charge in [0.15, 0.2) is 17.6 Å². The number of hydrogen-bond acceptors (Lipinski definition) is 5. The zero-order chi connectivity index (χ0) is 21.0. The van der Waals surface area contributed by atoms with E-state index in [2.05, 4.69) is 5.32 Å². The Bertz CT molecular complexity index is 896.